The van der Waals surface area contributed by atoms with Gasteiger partial charge < -0.3 is 35.4 Å². The number of aromatic nitrogens is 4. The van der Waals surface area contributed by atoms with Crippen molar-refractivity contribution < 1.29 is 32.8 Å². The summed E-state index contributed by atoms with van der Waals surface area (Å²) in [5, 5.41) is 14.0. The maximum absolute atomic E-state index is 13.4. The zero-order valence-electron chi connectivity index (χ0n) is 25.6. The number of halogens is 1. The third-order valence-corrected chi connectivity index (χ3v) is 7.23. The number of hydrogen-bond donors (Lipinski definition) is 5. The van der Waals surface area contributed by atoms with Crippen LogP contribution in [0.3, 0.4) is 0 Å². The van der Waals surface area contributed by atoms with Crippen LogP contribution >= 0.6 is 7.82 Å². The fourth-order valence-corrected chi connectivity index (χ4v) is 5.04. The summed E-state index contributed by atoms with van der Waals surface area (Å²) in [5.74, 6) is 0.524. The first-order valence-electron chi connectivity index (χ1n) is 15.0. The highest BCUT2D eigenvalue weighted by molar-refractivity contribution is 7.46. The molecule has 0 radical (unpaired) electrons. The Morgan fingerprint density at radius 3 is 2.70 bits per heavy atom. The van der Waals surface area contributed by atoms with Crippen LogP contribution in [0.1, 0.15) is 26.2 Å². The summed E-state index contributed by atoms with van der Waals surface area (Å²) in [5.41, 5.74) is 1.72. The number of ether oxygens (including phenoxy) is 1. The summed E-state index contributed by atoms with van der Waals surface area (Å²) in [4.78, 5) is 40.9. The lowest BCUT2D eigenvalue weighted by atomic mass is 10.2. The Balaban J connectivity index is 1.21. The second-order valence-electron chi connectivity index (χ2n) is 10.5. The van der Waals surface area contributed by atoms with Gasteiger partial charge in [0, 0.05) is 36.4 Å². The lowest BCUT2D eigenvalue weighted by molar-refractivity contribution is -0.116. The molecule has 5 N–H and O–H groups in total. The first-order valence-corrected chi connectivity index (χ1v) is 16.6. The topological polar surface area (TPSA) is 176 Å². The zero-order chi connectivity index (χ0) is 32.8. The van der Waals surface area contributed by atoms with Crippen molar-refractivity contribution >= 4 is 41.8 Å². The fourth-order valence-electron chi connectivity index (χ4n) is 4.71. The molecule has 0 saturated heterocycles. The molecule has 0 aliphatic rings. The molecule has 46 heavy (non-hydrogen) atoms. The van der Waals surface area contributed by atoms with Crippen LogP contribution < -0.4 is 20.7 Å². The number of phosphoric acid groups is 1. The first kappa shape index (κ1) is 34.9. The summed E-state index contributed by atoms with van der Waals surface area (Å²) in [6, 6.07) is 11.3. The standard InChI is InChI=1S/C30H40FN8O6P/c1-2-12-38(13-4-10-32-11-16-45-46(41,42)43)14-5-15-44-26-8-9-27-28(18-26)33-22-34-30(27)37-25-19-35-39(20-25)21-29(40)36-24-7-3-6-23(31)17-24/h3,6-9,17-20,22,32H,2,4-5,10-16,21H2,1H3,(H,36,40)(H,33,34,37)(H2,41,42,43). The van der Waals surface area contributed by atoms with Crippen molar-refractivity contribution in [1.29, 1.82) is 0 Å². The Morgan fingerprint density at radius 2 is 1.89 bits per heavy atom. The van der Waals surface area contributed by atoms with Gasteiger partial charge in [0.2, 0.25) is 5.91 Å². The van der Waals surface area contributed by atoms with Crippen LogP contribution in [-0.4, -0.2) is 86.3 Å². The fraction of sp³-hybridized carbons (Fsp3) is 0.400. The van der Waals surface area contributed by atoms with E-state index in [1.807, 2.05) is 18.2 Å². The molecule has 0 bridgehead atoms. The van der Waals surface area contributed by atoms with Crippen LogP contribution in [0.15, 0.2) is 61.2 Å². The van der Waals surface area contributed by atoms with Gasteiger partial charge in [0.15, 0.2) is 0 Å². The van der Waals surface area contributed by atoms with Crippen LogP contribution in [0.5, 0.6) is 5.75 Å². The van der Waals surface area contributed by atoms with Gasteiger partial charge in [-0.25, -0.2) is 18.9 Å². The van der Waals surface area contributed by atoms with E-state index in [0.717, 1.165) is 50.8 Å². The van der Waals surface area contributed by atoms with Gasteiger partial charge in [0.05, 0.1) is 30.6 Å². The van der Waals surface area contributed by atoms with Gasteiger partial charge in [0.1, 0.15) is 30.3 Å². The third kappa shape index (κ3) is 12.1. The van der Waals surface area contributed by atoms with E-state index in [4.69, 9.17) is 14.5 Å². The molecule has 14 nitrogen and oxygen atoms in total. The number of hydrogen-bond acceptors (Lipinski definition) is 10. The van der Waals surface area contributed by atoms with E-state index in [9.17, 15) is 13.8 Å². The van der Waals surface area contributed by atoms with Crippen LogP contribution in [-0.2, 0) is 20.4 Å². The first-order chi connectivity index (χ1) is 22.2. The van der Waals surface area contributed by atoms with Gasteiger partial charge in [-0.1, -0.05) is 13.0 Å². The number of rotatable bonds is 20. The molecule has 2 aromatic heterocycles. The molecule has 16 heteroatoms. The number of benzene rings is 2. The smallest absolute Gasteiger partial charge is 0.469 e. The molecule has 0 aliphatic carbocycles. The van der Waals surface area contributed by atoms with Gasteiger partial charge in [0.25, 0.3) is 0 Å². The molecular formula is C30H40FN8O6P. The molecule has 0 aliphatic heterocycles. The molecule has 0 fully saturated rings. The molecule has 1 amide bonds. The van der Waals surface area contributed by atoms with Gasteiger partial charge in [-0.05, 0) is 69.2 Å². The Morgan fingerprint density at radius 1 is 1.04 bits per heavy atom. The van der Waals surface area contributed by atoms with Crippen molar-refractivity contribution in [3.8, 4) is 5.75 Å². The van der Waals surface area contributed by atoms with E-state index in [1.165, 1.54) is 29.2 Å². The third-order valence-electron chi connectivity index (χ3n) is 6.71. The molecule has 0 unspecified atom stereocenters. The van der Waals surface area contributed by atoms with Gasteiger partial charge in [-0.15, -0.1) is 0 Å². The molecule has 0 saturated carbocycles. The van der Waals surface area contributed by atoms with Gasteiger partial charge in [-0.2, -0.15) is 5.10 Å². The van der Waals surface area contributed by atoms with Crippen LogP contribution in [0.2, 0.25) is 0 Å². The van der Waals surface area contributed by atoms with Crippen LogP contribution in [0.4, 0.5) is 21.6 Å². The highest BCUT2D eigenvalue weighted by atomic mass is 31.2. The monoisotopic (exact) mass is 658 g/mol. The largest absolute Gasteiger partial charge is 0.493 e. The predicted molar refractivity (Wildman–Crippen MR) is 172 cm³/mol. The van der Waals surface area contributed by atoms with Crippen molar-refractivity contribution in [1.82, 2.24) is 30.0 Å². The number of carbonyl (C=O) groups is 1. The van der Waals surface area contributed by atoms with E-state index >= 15 is 0 Å². The second kappa shape index (κ2) is 17.6. The van der Waals surface area contributed by atoms with E-state index in [2.05, 4.69) is 47.4 Å². The SMILES string of the molecule is CCCN(CCCNCCOP(=O)(O)O)CCCOc1ccc2c(Nc3cnn(CC(=O)Nc4cccc(F)c4)c3)ncnc2c1. The Labute approximate surface area is 266 Å². The molecule has 0 spiro atoms. The number of fused-ring (bicyclic) bond motifs is 1. The maximum Gasteiger partial charge on any atom is 0.469 e. The zero-order valence-corrected chi connectivity index (χ0v) is 26.5. The molecular weight excluding hydrogens is 618 g/mol. The number of phosphoric ester groups is 1. The molecule has 0 atom stereocenters. The molecule has 2 aromatic carbocycles. The minimum absolute atomic E-state index is 0.0345. The average molecular weight is 659 g/mol. The van der Waals surface area contributed by atoms with Gasteiger partial charge in [-0.3, -0.25) is 14.0 Å². The van der Waals surface area contributed by atoms with Crippen LogP contribution in [0.25, 0.3) is 10.9 Å². The number of nitrogens with zero attached hydrogens (tertiary/aromatic N) is 5. The molecule has 4 aromatic rings. The molecule has 2 heterocycles. The maximum atomic E-state index is 13.4. The number of amides is 1. The van der Waals surface area contributed by atoms with E-state index in [0.29, 0.717) is 41.6 Å². The highest BCUT2D eigenvalue weighted by Crippen LogP contribution is 2.35. The summed E-state index contributed by atoms with van der Waals surface area (Å²) in [6.07, 6.45) is 7.53. The average Bonchev–Trinajstić information content (AvgIpc) is 3.44. The summed E-state index contributed by atoms with van der Waals surface area (Å²) in [6.45, 7) is 6.49. The number of nitrogens with one attached hydrogen (secondary N) is 3. The predicted octanol–water partition coefficient (Wildman–Crippen LogP) is 3.92. The Bertz CT molecular complexity index is 1600. The second-order valence-corrected chi connectivity index (χ2v) is 11.7. The Kier molecular flexibility index (Phi) is 13.4. The minimum atomic E-state index is -4.41. The van der Waals surface area contributed by atoms with Crippen molar-refractivity contribution in [2.24, 2.45) is 0 Å². The van der Waals surface area contributed by atoms with Crippen molar-refractivity contribution in [3.05, 3.63) is 67.0 Å². The van der Waals surface area contributed by atoms with E-state index in [1.54, 1.807) is 18.5 Å². The van der Waals surface area contributed by atoms with Gasteiger partial charge >= 0.3 is 7.82 Å². The van der Waals surface area contributed by atoms with E-state index < -0.39 is 13.6 Å². The number of carbonyl (C=O) groups excluding carboxylic acids is 1. The summed E-state index contributed by atoms with van der Waals surface area (Å²) < 4.78 is 36.0. The summed E-state index contributed by atoms with van der Waals surface area (Å²) >= 11 is 0. The highest BCUT2D eigenvalue weighted by Gasteiger charge is 2.13. The Hall–Kier alpha value is -3.98. The van der Waals surface area contributed by atoms with Crippen LogP contribution in [0, 0.1) is 5.82 Å². The molecule has 248 valence electrons. The van der Waals surface area contributed by atoms with Crippen molar-refractivity contribution in [3.63, 3.8) is 0 Å². The molecule has 4 rings (SSSR count). The lowest BCUT2D eigenvalue weighted by Crippen LogP contribution is -2.30. The van der Waals surface area contributed by atoms with E-state index in [-0.39, 0.29) is 19.1 Å². The lowest BCUT2D eigenvalue weighted by Gasteiger charge is -2.21. The normalized spacial score (nSPS) is 11.7. The minimum Gasteiger partial charge on any atom is -0.493 e. The van der Waals surface area contributed by atoms with Crippen molar-refractivity contribution in [2.75, 3.05) is 56.6 Å². The summed E-state index contributed by atoms with van der Waals surface area (Å²) in [7, 11) is -4.41. The quantitative estimate of drug-likeness (QED) is 0.0685. The van der Waals surface area contributed by atoms with Crippen molar-refractivity contribution in [2.45, 2.75) is 32.7 Å². The number of anilines is 3.